The maximum atomic E-state index is 3.63. The molecule has 0 heterocycles. The second-order valence-electron chi connectivity index (χ2n) is 4.58. The summed E-state index contributed by atoms with van der Waals surface area (Å²) >= 11 is 2.08. The molecule has 1 aromatic carbocycles. The van der Waals surface area contributed by atoms with E-state index >= 15 is 0 Å². The van der Waals surface area contributed by atoms with E-state index in [4.69, 9.17) is 0 Å². The van der Waals surface area contributed by atoms with Crippen LogP contribution in [0.2, 0.25) is 0 Å². The van der Waals surface area contributed by atoms with Crippen LogP contribution in [0.25, 0.3) is 0 Å². The number of rotatable bonds is 7. The lowest BCUT2D eigenvalue weighted by molar-refractivity contribution is 0.521. The van der Waals surface area contributed by atoms with E-state index in [9.17, 15) is 0 Å². The van der Waals surface area contributed by atoms with Crippen LogP contribution in [0.15, 0.2) is 30.3 Å². The molecule has 0 saturated carbocycles. The minimum Gasteiger partial charge on any atom is -0.309 e. The smallest absolute Gasteiger partial charge is 0.0440 e. The zero-order valence-electron chi connectivity index (χ0n) is 11.4. The van der Waals surface area contributed by atoms with Crippen LogP contribution in [0, 0.1) is 0 Å². The van der Waals surface area contributed by atoms with Gasteiger partial charge in [0.2, 0.25) is 0 Å². The molecule has 0 aromatic heterocycles. The van der Waals surface area contributed by atoms with Gasteiger partial charge in [-0.1, -0.05) is 58.0 Å². The Labute approximate surface area is 110 Å². The van der Waals surface area contributed by atoms with Crippen molar-refractivity contribution in [3.8, 4) is 0 Å². The number of benzene rings is 1. The minimum atomic E-state index is 0.471. The standard InChI is InChI=1S/C15H25NS/c1-5-14(17-12(3)4)15(16-6-2)13-10-8-7-9-11-13/h7-12,14-16H,5-6H2,1-4H3. The van der Waals surface area contributed by atoms with Crippen molar-refractivity contribution >= 4 is 11.8 Å². The molecule has 0 bridgehead atoms. The highest BCUT2D eigenvalue weighted by molar-refractivity contribution is 8.00. The molecule has 1 aromatic rings. The third-order valence-corrected chi connectivity index (χ3v) is 4.30. The lowest BCUT2D eigenvalue weighted by Crippen LogP contribution is -2.30. The molecule has 0 fully saturated rings. The SMILES string of the molecule is CCNC(c1ccccc1)C(CC)SC(C)C. The molecule has 0 aliphatic heterocycles. The average molecular weight is 251 g/mol. The van der Waals surface area contributed by atoms with E-state index in [1.165, 1.54) is 12.0 Å². The van der Waals surface area contributed by atoms with Crippen LogP contribution < -0.4 is 5.32 Å². The van der Waals surface area contributed by atoms with Gasteiger partial charge in [0.25, 0.3) is 0 Å². The zero-order chi connectivity index (χ0) is 12.7. The van der Waals surface area contributed by atoms with E-state index in [0.717, 1.165) is 6.54 Å². The van der Waals surface area contributed by atoms with E-state index in [0.29, 0.717) is 16.5 Å². The van der Waals surface area contributed by atoms with Gasteiger partial charge in [-0.25, -0.2) is 0 Å². The second kappa shape index (κ2) is 7.78. The molecule has 2 heteroatoms. The van der Waals surface area contributed by atoms with E-state index in [-0.39, 0.29) is 0 Å². The molecule has 2 atom stereocenters. The highest BCUT2D eigenvalue weighted by Gasteiger charge is 2.22. The average Bonchev–Trinajstić information content (AvgIpc) is 2.34. The topological polar surface area (TPSA) is 12.0 Å². The van der Waals surface area contributed by atoms with Crippen molar-refractivity contribution in [1.82, 2.24) is 5.32 Å². The van der Waals surface area contributed by atoms with Crippen molar-refractivity contribution in [3.05, 3.63) is 35.9 Å². The predicted molar refractivity (Wildman–Crippen MR) is 79.7 cm³/mol. The first kappa shape index (κ1) is 14.6. The maximum absolute atomic E-state index is 3.63. The van der Waals surface area contributed by atoms with Crippen LogP contribution in [-0.2, 0) is 0 Å². The first-order valence-corrected chi connectivity index (χ1v) is 7.57. The van der Waals surface area contributed by atoms with Gasteiger partial charge in [-0.15, -0.1) is 0 Å². The highest BCUT2D eigenvalue weighted by atomic mass is 32.2. The van der Waals surface area contributed by atoms with Crippen molar-refractivity contribution in [2.45, 2.75) is 50.7 Å². The molecule has 1 N–H and O–H groups in total. The molecule has 0 amide bonds. The molecular weight excluding hydrogens is 226 g/mol. The van der Waals surface area contributed by atoms with E-state index in [1.54, 1.807) is 0 Å². The van der Waals surface area contributed by atoms with Crippen molar-refractivity contribution in [2.24, 2.45) is 0 Å². The van der Waals surface area contributed by atoms with Gasteiger partial charge in [0, 0.05) is 11.3 Å². The largest absolute Gasteiger partial charge is 0.309 e. The second-order valence-corrected chi connectivity index (χ2v) is 6.40. The predicted octanol–water partition coefficient (Wildman–Crippen LogP) is 4.26. The molecule has 0 aliphatic rings. The fourth-order valence-electron chi connectivity index (χ4n) is 2.10. The molecule has 17 heavy (non-hydrogen) atoms. The molecule has 1 nitrogen and oxygen atoms in total. The number of hydrogen-bond donors (Lipinski definition) is 1. The maximum Gasteiger partial charge on any atom is 0.0440 e. The normalized spacial score (nSPS) is 14.9. The molecule has 0 spiro atoms. The Balaban J connectivity index is 2.83. The molecular formula is C15H25NS. The summed E-state index contributed by atoms with van der Waals surface area (Å²) in [6.45, 7) is 10.0. The van der Waals surface area contributed by atoms with Crippen LogP contribution >= 0.6 is 11.8 Å². The van der Waals surface area contributed by atoms with Crippen molar-refractivity contribution in [3.63, 3.8) is 0 Å². The molecule has 0 radical (unpaired) electrons. The van der Waals surface area contributed by atoms with Crippen LogP contribution in [0.1, 0.15) is 45.7 Å². The summed E-state index contributed by atoms with van der Waals surface area (Å²) in [7, 11) is 0. The summed E-state index contributed by atoms with van der Waals surface area (Å²) in [5.41, 5.74) is 1.41. The first-order chi connectivity index (χ1) is 8.19. The summed E-state index contributed by atoms with van der Waals surface area (Å²) < 4.78 is 0. The number of thioether (sulfide) groups is 1. The van der Waals surface area contributed by atoms with Crippen molar-refractivity contribution in [1.29, 1.82) is 0 Å². The van der Waals surface area contributed by atoms with E-state index in [1.807, 2.05) is 0 Å². The third-order valence-electron chi connectivity index (χ3n) is 2.80. The van der Waals surface area contributed by atoms with Gasteiger partial charge >= 0.3 is 0 Å². The summed E-state index contributed by atoms with van der Waals surface area (Å²) in [6, 6.07) is 11.3. The summed E-state index contributed by atoms with van der Waals surface area (Å²) in [4.78, 5) is 0. The van der Waals surface area contributed by atoms with E-state index < -0.39 is 0 Å². The molecule has 96 valence electrons. The fraction of sp³-hybridized carbons (Fsp3) is 0.600. The van der Waals surface area contributed by atoms with Gasteiger partial charge in [0.15, 0.2) is 0 Å². The lowest BCUT2D eigenvalue weighted by atomic mass is 10.0. The fourth-order valence-corrected chi connectivity index (χ4v) is 3.41. The van der Waals surface area contributed by atoms with Gasteiger partial charge in [0.1, 0.15) is 0 Å². The molecule has 0 aliphatic carbocycles. The first-order valence-electron chi connectivity index (χ1n) is 6.62. The Morgan fingerprint density at radius 3 is 2.24 bits per heavy atom. The van der Waals surface area contributed by atoms with Crippen LogP contribution in [0.3, 0.4) is 0 Å². The zero-order valence-corrected chi connectivity index (χ0v) is 12.3. The van der Waals surface area contributed by atoms with E-state index in [2.05, 4.69) is 75.1 Å². The van der Waals surface area contributed by atoms with Crippen molar-refractivity contribution < 1.29 is 0 Å². The van der Waals surface area contributed by atoms with Gasteiger partial charge < -0.3 is 5.32 Å². The van der Waals surface area contributed by atoms with Crippen molar-refractivity contribution in [2.75, 3.05) is 6.54 Å². The van der Waals surface area contributed by atoms with Crippen LogP contribution in [0.5, 0.6) is 0 Å². The quantitative estimate of drug-likeness (QED) is 0.777. The third kappa shape index (κ3) is 4.72. The Kier molecular flexibility index (Phi) is 6.68. The minimum absolute atomic E-state index is 0.471. The Morgan fingerprint density at radius 2 is 1.76 bits per heavy atom. The summed E-state index contributed by atoms with van der Waals surface area (Å²) in [5, 5.41) is 4.97. The lowest BCUT2D eigenvalue weighted by Gasteiger charge is -2.28. The number of nitrogens with one attached hydrogen (secondary N) is 1. The highest BCUT2D eigenvalue weighted by Crippen LogP contribution is 2.31. The number of hydrogen-bond acceptors (Lipinski definition) is 2. The van der Waals surface area contributed by atoms with Gasteiger partial charge in [-0.3, -0.25) is 0 Å². The Morgan fingerprint density at radius 1 is 1.12 bits per heavy atom. The van der Waals surface area contributed by atoms with Crippen LogP contribution in [-0.4, -0.2) is 17.0 Å². The molecule has 0 saturated heterocycles. The monoisotopic (exact) mass is 251 g/mol. The summed E-state index contributed by atoms with van der Waals surface area (Å²) in [6.07, 6.45) is 1.20. The van der Waals surface area contributed by atoms with Gasteiger partial charge in [0.05, 0.1) is 0 Å². The van der Waals surface area contributed by atoms with Gasteiger partial charge in [-0.05, 0) is 23.8 Å². The Hall–Kier alpha value is -0.470. The molecule has 1 rings (SSSR count). The van der Waals surface area contributed by atoms with Crippen LogP contribution in [0.4, 0.5) is 0 Å². The summed E-state index contributed by atoms with van der Waals surface area (Å²) in [5.74, 6) is 0. The Bertz CT molecular complexity index is 297. The van der Waals surface area contributed by atoms with Gasteiger partial charge in [-0.2, -0.15) is 11.8 Å². The molecule has 2 unspecified atom stereocenters.